The van der Waals surface area contributed by atoms with E-state index in [1.807, 2.05) is 25.1 Å². The number of hydrogen-bond acceptors (Lipinski definition) is 4. The van der Waals surface area contributed by atoms with Crippen molar-refractivity contribution in [1.82, 2.24) is 4.90 Å². The van der Waals surface area contributed by atoms with Crippen molar-refractivity contribution in [2.24, 2.45) is 5.92 Å². The highest BCUT2D eigenvalue weighted by molar-refractivity contribution is 6.06. The van der Waals surface area contributed by atoms with Crippen LogP contribution in [-0.4, -0.2) is 42.5 Å². The van der Waals surface area contributed by atoms with Gasteiger partial charge in [-0.05, 0) is 63.1 Å². The van der Waals surface area contributed by atoms with Crippen LogP contribution in [0.3, 0.4) is 0 Å². The van der Waals surface area contributed by atoms with Crippen LogP contribution in [0.25, 0.3) is 0 Å². The molecule has 2 heterocycles. The summed E-state index contributed by atoms with van der Waals surface area (Å²) in [4.78, 5) is 27.0. The molecule has 1 amide bonds. The number of carbonyl (C=O) groups excluding carboxylic acids is 2. The number of fused-ring (bicyclic) bond motifs is 2. The number of carbonyl (C=O) groups is 2. The summed E-state index contributed by atoms with van der Waals surface area (Å²) >= 11 is 0. The number of likely N-dealkylation sites (tertiary alicyclic amines) is 1. The molecular formula is C21H28N2O3. The molecule has 1 aromatic rings. The summed E-state index contributed by atoms with van der Waals surface area (Å²) in [6.07, 6.45) is 5.54. The van der Waals surface area contributed by atoms with E-state index in [0.717, 1.165) is 50.9 Å². The van der Waals surface area contributed by atoms with Gasteiger partial charge in [0.1, 0.15) is 0 Å². The topological polar surface area (TPSA) is 58.6 Å². The molecule has 0 bridgehead atoms. The second-order valence-electron chi connectivity index (χ2n) is 7.97. The molecule has 0 radical (unpaired) electrons. The first-order valence-corrected chi connectivity index (χ1v) is 9.93. The molecule has 0 unspecified atom stereocenters. The van der Waals surface area contributed by atoms with Gasteiger partial charge in [0.05, 0.1) is 12.0 Å². The highest BCUT2D eigenvalue weighted by atomic mass is 16.5. The molecule has 1 spiro atoms. The summed E-state index contributed by atoms with van der Waals surface area (Å²) in [5.41, 5.74) is 1.86. The number of amides is 1. The number of para-hydroxylation sites is 1. The number of rotatable bonds is 4. The lowest BCUT2D eigenvalue weighted by molar-refractivity contribution is -0.144. The van der Waals surface area contributed by atoms with E-state index in [9.17, 15) is 9.59 Å². The van der Waals surface area contributed by atoms with E-state index in [0.29, 0.717) is 25.0 Å². The third-order valence-electron chi connectivity index (χ3n) is 6.53. The average molecular weight is 356 g/mol. The van der Waals surface area contributed by atoms with Crippen molar-refractivity contribution in [1.29, 1.82) is 0 Å². The first kappa shape index (κ1) is 17.5. The summed E-state index contributed by atoms with van der Waals surface area (Å²) < 4.78 is 5.09. The van der Waals surface area contributed by atoms with Gasteiger partial charge in [-0.2, -0.15) is 0 Å². The van der Waals surface area contributed by atoms with Crippen molar-refractivity contribution < 1.29 is 14.3 Å². The Hall–Kier alpha value is -1.88. The SMILES string of the molecule is CCOC(=O)C[C@@H]1CCN(C2CCC3(CC2)C(=O)Nc2ccccc23)C1. The minimum atomic E-state index is -0.322. The van der Waals surface area contributed by atoms with Crippen LogP contribution < -0.4 is 5.32 Å². The summed E-state index contributed by atoms with van der Waals surface area (Å²) in [6, 6.07) is 8.67. The molecule has 3 aliphatic rings. The number of benzene rings is 1. The van der Waals surface area contributed by atoms with E-state index in [4.69, 9.17) is 4.74 Å². The molecule has 1 aromatic carbocycles. The Balaban J connectivity index is 1.36. The third-order valence-corrected chi connectivity index (χ3v) is 6.53. The zero-order valence-electron chi connectivity index (χ0n) is 15.5. The van der Waals surface area contributed by atoms with E-state index >= 15 is 0 Å². The van der Waals surface area contributed by atoms with Crippen LogP contribution in [0.2, 0.25) is 0 Å². The Morgan fingerprint density at radius 2 is 2.04 bits per heavy atom. The first-order valence-electron chi connectivity index (χ1n) is 9.93. The summed E-state index contributed by atoms with van der Waals surface area (Å²) in [7, 11) is 0. The Morgan fingerprint density at radius 1 is 1.27 bits per heavy atom. The molecule has 1 atom stereocenters. The second kappa shape index (κ2) is 7.03. The van der Waals surface area contributed by atoms with Gasteiger partial charge in [-0.3, -0.25) is 9.59 Å². The predicted molar refractivity (Wildman–Crippen MR) is 99.9 cm³/mol. The lowest BCUT2D eigenvalue weighted by Gasteiger charge is -2.39. The maximum absolute atomic E-state index is 12.7. The minimum Gasteiger partial charge on any atom is -0.466 e. The molecule has 1 saturated carbocycles. The van der Waals surface area contributed by atoms with E-state index < -0.39 is 0 Å². The van der Waals surface area contributed by atoms with Crippen LogP contribution in [0.5, 0.6) is 0 Å². The van der Waals surface area contributed by atoms with Gasteiger partial charge in [0.25, 0.3) is 0 Å². The summed E-state index contributed by atoms with van der Waals surface area (Å²) in [5, 5.41) is 3.08. The van der Waals surface area contributed by atoms with Crippen LogP contribution in [0.15, 0.2) is 24.3 Å². The zero-order chi connectivity index (χ0) is 18.1. The number of nitrogens with one attached hydrogen (secondary N) is 1. The first-order chi connectivity index (χ1) is 12.6. The molecule has 4 rings (SSSR count). The molecule has 0 aromatic heterocycles. The lowest BCUT2D eigenvalue weighted by Crippen LogP contribution is -2.44. The van der Waals surface area contributed by atoms with E-state index in [1.54, 1.807) is 0 Å². The van der Waals surface area contributed by atoms with Crippen LogP contribution >= 0.6 is 0 Å². The molecular weight excluding hydrogens is 328 g/mol. The van der Waals surface area contributed by atoms with Gasteiger partial charge in [-0.25, -0.2) is 0 Å². The Labute approximate surface area is 155 Å². The van der Waals surface area contributed by atoms with E-state index in [-0.39, 0.29) is 17.3 Å². The number of anilines is 1. The van der Waals surface area contributed by atoms with Crippen molar-refractivity contribution >= 4 is 17.6 Å². The fourth-order valence-corrected chi connectivity index (χ4v) is 5.15. The number of esters is 1. The highest BCUT2D eigenvalue weighted by Crippen LogP contribution is 2.48. The molecule has 2 aliphatic heterocycles. The monoisotopic (exact) mass is 356 g/mol. The normalized spacial score (nSPS) is 31.0. The van der Waals surface area contributed by atoms with Gasteiger partial charge in [-0.15, -0.1) is 0 Å². The standard InChI is InChI=1S/C21H28N2O3/c1-2-26-19(24)13-15-9-12-23(14-15)16-7-10-21(11-8-16)17-5-3-4-6-18(17)22-20(21)25/h3-6,15-16H,2,7-14H2,1H3,(H,22,25)/t15-,16?,21?/m0/s1. The second-order valence-corrected chi connectivity index (χ2v) is 7.97. The molecule has 140 valence electrons. The predicted octanol–water partition coefficient (Wildman–Crippen LogP) is 3.09. The largest absolute Gasteiger partial charge is 0.466 e. The fraction of sp³-hybridized carbons (Fsp3) is 0.619. The van der Waals surface area contributed by atoms with Crippen molar-refractivity contribution in [3.05, 3.63) is 29.8 Å². The molecule has 26 heavy (non-hydrogen) atoms. The van der Waals surface area contributed by atoms with Gasteiger partial charge in [-0.1, -0.05) is 18.2 Å². The van der Waals surface area contributed by atoms with Crippen molar-refractivity contribution in [3.8, 4) is 0 Å². The fourth-order valence-electron chi connectivity index (χ4n) is 5.15. The highest BCUT2D eigenvalue weighted by Gasteiger charge is 2.49. The van der Waals surface area contributed by atoms with Crippen molar-refractivity contribution in [2.45, 2.75) is 56.9 Å². The van der Waals surface area contributed by atoms with Crippen molar-refractivity contribution in [3.63, 3.8) is 0 Å². The van der Waals surface area contributed by atoms with Gasteiger partial charge in [0, 0.05) is 24.7 Å². The molecule has 1 saturated heterocycles. The van der Waals surface area contributed by atoms with Gasteiger partial charge < -0.3 is 15.0 Å². The van der Waals surface area contributed by atoms with Crippen LogP contribution in [0.4, 0.5) is 5.69 Å². The number of ether oxygens (including phenoxy) is 1. The molecule has 2 fully saturated rings. The van der Waals surface area contributed by atoms with Crippen LogP contribution in [-0.2, 0) is 19.7 Å². The maximum atomic E-state index is 12.7. The van der Waals surface area contributed by atoms with Crippen LogP contribution in [0.1, 0.15) is 51.0 Å². The Kier molecular flexibility index (Phi) is 4.74. The number of hydrogen-bond donors (Lipinski definition) is 1. The van der Waals surface area contributed by atoms with Gasteiger partial charge in [0.2, 0.25) is 5.91 Å². The number of nitrogens with zero attached hydrogens (tertiary/aromatic N) is 1. The smallest absolute Gasteiger partial charge is 0.306 e. The Morgan fingerprint density at radius 3 is 2.81 bits per heavy atom. The molecule has 1 aliphatic carbocycles. The third kappa shape index (κ3) is 3.02. The summed E-state index contributed by atoms with van der Waals surface area (Å²) in [6.45, 7) is 4.36. The summed E-state index contributed by atoms with van der Waals surface area (Å²) in [5.74, 6) is 0.528. The molecule has 5 heteroatoms. The average Bonchev–Trinajstić information content (AvgIpc) is 3.20. The maximum Gasteiger partial charge on any atom is 0.306 e. The lowest BCUT2D eigenvalue weighted by atomic mass is 9.68. The van der Waals surface area contributed by atoms with Gasteiger partial charge >= 0.3 is 5.97 Å². The molecule has 5 nitrogen and oxygen atoms in total. The molecule has 1 N–H and O–H groups in total. The quantitative estimate of drug-likeness (QED) is 0.842. The van der Waals surface area contributed by atoms with Gasteiger partial charge in [0.15, 0.2) is 0 Å². The van der Waals surface area contributed by atoms with Crippen LogP contribution in [0, 0.1) is 5.92 Å². The zero-order valence-corrected chi connectivity index (χ0v) is 15.5. The minimum absolute atomic E-state index is 0.0684. The van der Waals surface area contributed by atoms with E-state index in [2.05, 4.69) is 16.3 Å². The Bertz CT molecular complexity index is 694. The van der Waals surface area contributed by atoms with Crippen molar-refractivity contribution in [2.75, 3.05) is 25.0 Å². The van der Waals surface area contributed by atoms with E-state index in [1.165, 1.54) is 5.56 Å².